The zero-order valence-electron chi connectivity index (χ0n) is 16.0. The van der Waals surface area contributed by atoms with E-state index in [1.165, 1.54) is 12.1 Å². The highest BCUT2D eigenvalue weighted by Crippen LogP contribution is 2.59. The molecule has 3 N–H and O–H groups in total. The molecule has 1 amide bonds. The predicted octanol–water partition coefficient (Wildman–Crippen LogP) is 5.10. The third kappa shape index (κ3) is 3.92. The number of ether oxygens (including phenoxy) is 1. The number of carbonyl (C=O) groups excluding carboxylic acids is 1. The molecule has 1 fully saturated rings. The number of hydrogen-bond donors (Lipinski definition) is 2. The molecule has 0 aliphatic carbocycles. The van der Waals surface area contributed by atoms with Gasteiger partial charge in [-0.3, -0.25) is 4.79 Å². The van der Waals surface area contributed by atoms with E-state index in [2.05, 4.69) is 5.32 Å². The van der Waals surface area contributed by atoms with Gasteiger partial charge in [-0.25, -0.2) is 4.39 Å². The Balaban J connectivity index is 2.04. The predicted molar refractivity (Wildman–Crippen MR) is 106 cm³/mol. The van der Waals surface area contributed by atoms with Crippen LogP contribution < -0.4 is 15.8 Å². The Bertz CT molecular complexity index is 969. The van der Waals surface area contributed by atoms with Crippen molar-refractivity contribution in [3.63, 3.8) is 0 Å². The summed E-state index contributed by atoms with van der Waals surface area (Å²) >= 11 is 0.436. The fraction of sp³-hybridized carbons (Fsp3) is 0.350. The fourth-order valence-corrected chi connectivity index (χ4v) is 5.03. The lowest BCUT2D eigenvalue weighted by Crippen LogP contribution is -2.37. The number of rotatable bonds is 4. The molecular weight excluding hydrogens is 427 g/mol. The average Bonchev–Trinajstić information content (AvgIpc) is 3.04. The first-order chi connectivity index (χ1) is 14.0. The van der Waals surface area contributed by atoms with Gasteiger partial charge < -0.3 is 15.8 Å². The number of halogens is 5. The minimum absolute atomic E-state index is 0.00180. The van der Waals surface area contributed by atoms with E-state index in [4.69, 9.17) is 10.5 Å². The molecule has 2 aromatic carbocycles. The Labute approximate surface area is 174 Å². The summed E-state index contributed by atoms with van der Waals surface area (Å²) in [6, 6.07) is 8.28. The first-order valence-corrected chi connectivity index (χ1v) is 9.78. The molecule has 0 bridgehead atoms. The molecule has 0 saturated carbocycles. The highest BCUT2D eigenvalue weighted by atomic mass is 32.2. The number of nitrogens with two attached hydrogens (primary N) is 1. The highest BCUT2D eigenvalue weighted by Gasteiger charge is 2.60. The van der Waals surface area contributed by atoms with Gasteiger partial charge in [0, 0.05) is 11.5 Å². The van der Waals surface area contributed by atoms with Crippen LogP contribution in [0.5, 0.6) is 5.75 Å². The number of anilines is 2. The van der Waals surface area contributed by atoms with E-state index >= 15 is 0 Å². The van der Waals surface area contributed by atoms with Crippen LogP contribution in [0.1, 0.15) is 24.8 Å². The summed E-state index contributed by atoms with van der Waals surface area (Å²) in [4.78, 5) is 13.0. The molecule has 1 aliphatic heterocycles. The fourth-order valence-electron chi connectivity index (χ4n) is 3.49. The number of carbonyl (C=O) groups is 1. The van der Waals surface area contributed by atoms with Crippen LogP contribution in [-0.2, 0) is 4.79 Å². The minimum atomic E-state index is -4.62. The minimum Gasteiger partial charge on any atom is -0.493 e. The lowest BCUT2D eigenvalue weighted by atomic mass is 9.85. The summed E-state index contributed by atoms with van der Waals surface area (Å²) in [5.74, 6) is -4.81. The lowest BCUT2D eigenvalue weighted by Gasteiger charge is -2.26. The van der Waals surface area contributed by atoms with E-state index < -0.39 is 51.8 Å². The summed E-state index contributed by atoms with van der Waals surface area (Å²) in [6.07, 6.45) is -5.13. The summed E-state index contributed by atoms with van der Waals surface area (Å²) in [6.45, 7) is 0.987. The molecule has 0 unspecified atom stereocenters. The second-order valence-corrected chi connectivity index (χ2v) is 8.78. The molecule has 10 heteroatoms. The maximum absolute atomic E-state index is 14.2. The van der Waals surface area contributed by atoms with E-state index in [0.717, 1.165) is 26.2 Å². The number of alkyl halides is 3. The van der Waals surface area contributed by atoms with Crippen molar-refractivity contribution >= 4 is 29.0 Å². The smallest absolute Gasteiger partial charge is 0.403 e. The highest BCUT2D eigenvalue weighted by molar-refractivity contribution is 8.02. The Hall–Kier alpha value is -2.49. The van der Waals surface area contributed by atoms with Crippen molar-refractivity contribution in [2.24, 2.45) is 0 Å². The molecule has 162 valence electrons. The van der Waals surface area contributed by atoms with Crippen molar-refractivity contribution in [1.29, 1.82) is 0 Å². The zero-order valence-corrected chi connectivity index (χ0v) is 16.8. The van der Waals surface area contributed by atoms with Gasteiger partial charge in [-0.05, 0) is 31.5 Å². The number of methoxy groups -OCH3 is 1. The Morgan fingerprint density at radius 2 is 1.90 bits per heavy atom. The molecule has 3 rings (SSSR count). The standard InChI is InChI=1S/C20H19F5N2O2S/c1-19(20(23,24)25)9-11(10-7-8-12(21)15(22)16(10)29-2)17(30-19)18(28)27-14-6-4-3-5-13(14)26/h3-8,11,17H,9,26H2,1-2H3,(H,27,28)/t11-,17+,19+/m0/s1. The number of amides is 1. The van der Waals surface area contributed by atoms with Crippen LogP contribution in [0.2, 0.25) is 0 Å². The van der Waals surface area contributed by atoms with Gasteiger partial charge >= 0.3 is 6.18 Å². The molecule has 1 aliphatic rings. The first-order valence-electron chi connectivity index (χ1n) is 8.90. The molecule has 0 radical (unpaired) electrons. The van der Waals surface area contributed by atoms with Crippen molar-refractivity contribution in [3.05, 3.63) is 53.6 Å². The zero-order chi connectivity index (χ0) is 22.3. The molecule has 30 heavy (non-hydrogen) atoms. The molecule has 0 spiro atoms. The van der Waals surface area contributed by atoms with Crippen LogP contribution >= 0.6 is 11.8 Å². The van der Waals surface area contributed by atoms with Gasteiger partial charge in [0.15, 0.2) is 11.6 Å². The van der Waals surface area contributed by atoms with E-state index in [-0.39, 0.29) is 16.9 Å². The summed E-state index contributed by atoms with van der Waals surface area (Å²) < 4.78 is 71.8. The van der Waals surface area contributed by atoms with E-state index in [1.54, 1.807) is 12.1 Å². The average molecular weight is 446 g/mol. The maximum atomic E-state index is 14.2. The monoisotopic (exact) mass is 446 g/mol. The third-order valence-electron chi connectivity index (χ3n) is 5.12. The molecular formula is C20H19F5N2O2S. The summed E-state index contributed by atoms with van der Waals surface area (Å²) in [5, 5.41) is 1.30. The van der Waals surface area contributed by atoms with Gasteiger partial charge in [0.2, 0.25) is 11.7 Å². The molecule has 3 atom stereocenters. The maximum Gasteiger partial charge on any atom is 0.403 e. The van der Waals surface area contributed by atoms with Gasteiger partial charge in [-0.15, -0.1) is 11.8 Å². The third-order valence-corrected chi connectivity index (χ3v) is 6.84. The molecule has 1 heterocycles. The van der Waals surface area contributed by atoms with Crippen molar-refractivity contribution < 1.29 is 31.5 Å². The van der Waals surface area contributed by atoms with Gasteiger partial charge in [-0.2, -0.15) is 17.6 Å². The van der Waals surface area contributed by atoms with Crippen molar-refractivity contribution in [1.82, 2.24) is 0 Å². The van der Waals surface area contributed by atoms with Gasteiger partial charge in [-0.1, -0.05) is 18.2 Å². The van der Waals surface area contributed by atoms with Crippen molar-refractivity contribution in [2.75, 3.05) is 18.2 Å². The Morgan fingerprint density at radius 1 is 1.23 bits per heavy atom. The van der Waals surface area contributed by atoms with Crippen LogP contribution in [-0.4, -0.2) is 29.2 Å². The van der Waals surface area contributed by atoms with Crippen LogP contribution in [0.3, 0.4) is 0 Å². The second-order valence-electron chi connectivity index (χ2n) is 7.14. The Morgan fingerprint density at radius 3 is 2.50 bits per heavy atom. The number of hydrogen-bond acceptors (Lipinski definition) is 4. The van der Waals surface area contributed by atoms with E-state index in [0.29, 0.717) is 11.8 Å². The number of benzene rings is 2. The van der Waals surface area contributed by atoms with E-state index in [1.807, 2.05) is 0 Å². The SMILES string of the molecule is COc1c([C@@H]2C[C@](C)(C(F)(F)F)S[C@H]2C(=O)Nc2ccccc2N)ccc(F)c1F. The van der Waals surface area contributed by atoms with Gasteiger partial charge in [0.1, 0.15) is 4.75 Å². The molecule has 2 aromatic rings. The quantitative estimate of drug-likeness (QED) is 0.507. The topological polar surface area (TPSA) is 64.3 Å². The van der Waals surface area contributed by atoms with E-state index in [9.17, 15) is 26.7 Å². The number of nitrogen functional groups attached to an aromatic ring is 1. The number of para-hydroxylation sites is 2. The lowest BCUT2D eigenvalue weighted by molar-refractivity contribution is -0.155. The van der Waals surface area contributed by atoms with Crippen LogP contribution in [0, 0.1) is 11.6 Å². The number of thioether (sulfide) groups is 1. The van der Waals surface area contributed by atoms with Crippen LogP contribution in [0.15, 0.2) is 36.4 Å². The number of nitrogens with one attached hydrogen (secondary N) is 1. The first kappa shape index (κ1) is 22.2. The normalized spacial score (nSPS) is 24.0. The largest absolute Gasteiger partial charge is 0.493 e. The van der Waals surface area contributed by atoms with Crippen molar-refractivity contribution in [2.45, 2.75) is 35.4 Å². The van der Waals surface area contributed by atoms with Gasteiger partial charge in [0.25, 0.3) is 0 Å². The van der Waals surface area contributed by atoms with Crippen LogP contribution in [0.4, 0.5) is 33.3 Å². The van der Waals surface area contributed by atoms with Crippen molar-refractivity contribution in [3.8, 4) is 5.75 Å². The molecule has 4 nitrogen and oxygen atoms in total. The molecule has 0 aromatic heterocycles. The molecule has 1 saturated heterocycles. The summed E-state index contributed by atoms with van der Waals surface area (Å²) in [7, 11) is 1.09. The Kier molecular flexibility index (Phi) is 5.90. The second kappa shape index (κ2) is 7.98. The summed E-state index contributed by atoms with van der Waals surface area (Å²) in [5.41, 5.74) is 6.30. The van der Waals surface area contributed by atoms with Crippen LogP contribution in [0.25, 0.3) is 0 Å². The van der Waals surface area contributed by atoms with Gasteiger partial charge in [0.05, 0.1) is 23.7 Å².